The van der Waals surface area contributed by atoms with E-state index in [1.807, 2.05) is 0 Å². The van der Waals surface area contributed by atoms with Crippen molar-refractivity contribution in [3.8, 4) is 44.5 Å². The lowest BCUT2D eigenvalue weighted by molar-refractivity contribution is 0.595. The van der Waals surface area contributed by atoms with E-state index >= 15 is 0 Å². The van der Waals surface area contributed by atoms with Crippen LogP contribution >= 0.6 is 0 Å². The average Bonchev–Trinajstić information content (AvgIpc) is 3.89. The fourth-order valence-corrected chi connectivity index (χ4v) is 10.5. The van der Waals surface area contributed by atoms with Gasteiger partial charge in [-0.25, -0.2) is 0 Å². The molecule has 60 heavy (non-hydrogen) atoms. The van der Waals surface area contributed by atoms with E-state index in [9.17, 15) is 0 Å². The van der Waals surface area contributed by atoms with Crippen LogP contribution in [0.1, 0.15) is 17.7 Å². The van der Waals surface area contributed by atoms with Crippen molar-refractivity contribution >= 4 is 82.1 Å². The third kappa shape index (κ3) is 4.76. The molecule has 10 aromatic carbocycles. The summed E-state index contributed by atoms with van der Waals surface area (Å²) in [6, 6.07) is 66.4. The Hall–Kier alpha value is -7.68. The first-order chi connectivity index (χ1) is 29.8. The van der Waals surface area contributed by atoms with Crippen LogP contribution in [0.5, 0.6) is 0 Å². The second kappa shape index (κ2) is 12.9. The van der Waals surface area contributed by atoms with Crippen LogP contribution in [0, 0.1) is 0 Å². The van der Waals surface area contributed by atoms with Crippen molar-refractivity contribution in [2.45, 2.75) is 12.8 Å². The molecule has 0 aliphatic heterocycles. The van der Waals surface area contributed by atoms with Crippen LogP contribution in [0.4, 0.5) is 0 Å². The van der Waals surface area contributed by atoms with E-state index < -0.39 is 0 Å². The smallest absolute Gasteiger partial charge is 0.143 e. The van der Waals surface area contributed by atoms with E-state index in [1.165, 1.54) is 93.0 Å². The minimum absolute atomic E-state index is 0.880. The molecule has 0 saturated heterocycles. The maximum atomic E-state index is 7.10. The number of benzene rings is 10. The first-order valence-corrected chi connectivity index (χ1v) is 20.9. The normalized spacial score (nSPS) is 12.8. The third-order valence-corrected chi connectivity index (χ3v) is 12.9. The maximum absolute atomic E-state index is 7.10. The van der Waals surface area contributed by atoms with Crippen LogP contribution in [0.2, 0.25) is 0 Å². The fraction of sp³-hybridized carbons (Fsp3) is 0.0345. The molecular weight excluding hydrogens is 729 g/mol. The first-order valence-electron chi connectivity index (χ1n) is 20.9. The number of hydrogen-bond donors (Lipinski definition) is 0. The highest BCUT2D eigenvalue weighted by Crippen LogP contribution is 2.50. The van der Waals surface area contributed by atoms with Gasteiger partial charge >= 0.3 is 0 Å². The Labute approximate surface area is 346 Å². The Morgan fingerprint density at radius 3 is 1.50 bits per heavy atom. The molecule has 2 nitrogen and oxygen atoms in total. The van der Waals surface area contributed by atoms with E-state index in [2.05, 4.69) is 194 Å². The summed E-state index contributed by atoms with van der Waals surface area (Å²) in [5.74, 6) is 0.993. The monoisotopic (exact) mass is 764 g/mol. The van der Waals surface area contributed by atoms with Gasteiger partial charge in [0.2, 0.25) is 0 Å². The predicted octanol–water partition coefficient (Wildman–Crippen LogP) is 16.6. The van der Waals surface area contributed by atoms with Gasteiger partial charge in [0.15, 0.2) is 0 Å². The Kier molecular flexibility index (Phi) is 7.17. The van der Waals surface area contributed by atoms with Gasteiger partial charge in [-0.05, 0) is 114 Å². The summed E-state index contributed by atoms with van der Waals surface area (Å²) < 4.78 is 13.4. The lowest BCUT2D eigenvalue weighted by atomic mass is 9.84. The molecule has 2 aromatic heterocycles. The first kappa shape index (κ1) is 33.3. The highest BCUT2D eigenvalue weighted by Gasteiger charge is 2.24. The predicted molar refractivity (Wildman–Crippen MR) is 253 cm³/mol. The van der Waals surface area contributed by atoms with Gasteiger partial charge in [0.05, 0.1) is 0 Å². The highest BCUT2D eigenvalue weighted by molar-refractivity contribution is 6.28. The lowest BCUT2D eigenvalue weighted by Crippen LogP contribution is -1.92. The Bertz CT molecular complexity index is 3650. The minimum Gasteiger partial charge on any atom is -0.456 e. The van der Waals surface area contributed by atoms with E-state index in [4.69, 9.17) is 8.83 Å². The van der Waals surface area contributed by atoms with Gasteiger partial charge < -0.3 is 8.83 Å². The summed E-state index contributed by atoms with van der Waals surface area (Å²) >= 11 is 0. The fourth-order valence-electron chi connectivity index (χ4n) is 10.5. The summed E-state index contributed by atoms with van der Waals surface area (Å²) in [4.78, 5) is 0. The van der Waals surface area contributed by atoms with Crippen molar-refractivity contribution in [1.82, 2.24) is 0 Å². The second-order valence-corrected chi connectivity index (χ2v) is 16.1. The molecule has 12 aromatic rings. The molecule has 0 unspecified atom stereocenters. The molecule has 0 saturated carbocycles. The number of para-hydroxylation sites is 1. The molecule has 1 aliphatic rings. The van der Waals surface area contributed by atoms with Gasteiger partial charge in [-0.3, -0.25) is 0 Å². The Balaban J connectivity index is 1.09. The molecule has 0 fully saturated rings. The van der Waals surface area contributed by atoms with Gasteiger partial charge in [-0.2, -0.15) is 0 Å². The molecule has 0 radical (unpaired) electrons. The van der Waals surface area contributed by atoms with Crippen molar-refractivity contribution in [3.05, 3.63) is 199 Å². The van der Waals surface area contributed by atoms with Crippen molar-refractivity contribution in [2.75, 3.05) is 0 Å². The summed E-state index contributed by atoms with van der Waals surface area (Å²) in [5.41, 5.74) is 13.6. The standard InChI is InChI=1S/C58H36O2/c1-2-16-35(17-3-1)53-38-19-4-10-25-44(38)56(45-26-11-5-20-39(45)53)47-28-14-29-48-57-46(27-15-31-52(57)60-58(47)48)55-42-23-8-6-21-40(42)54(41-22-7-9-24-43(41)55)36-32-33-51-49(34-36)37-18-12-13-30-50(37)59-51/h1-11,13-17,19-34H,12,18H2. The number of hydrogen-bond acceptors (Lipinski definition) is 2. The molecule has 0 amide bonds. The molecule has 0 N–H and O–H groups in total. The molecular formula is C58H36O2. The van der Waals surface area contributed by atoms with E-state index in [-0.39, 0.29) is 0 Å². The summed E-state index contributed by atoms with van der Waals surface area (Å²) in [7, 11) is 0. The Morgan fingerprint density at radius 1 is 0.350 bits per heavy atom. The average molecular weight is 765 g/mol. The van der Waals surface area contributed by atoms with Gasteiger partial charge in [0.25, 0.3) is 0 Å². The Morgan fingerprint density at radius 2 is 0.867 bits per heavy atom. The topological polar surface area (TPSA) is 26.3 Å². The summed E-state index contributed by atoms with van der Waals surface area (Å²) in [6.07, 6.45) is 6.38. The zero-order valence-electron chi connectivity index (χ0n) is 32.7. The van der Waals surface area contributed by atoms with Gasteiger partial charge in [0.1, 0.15) is 22.5 Å². The number of aryl methyl sites for hydroxylation is 1. The molecule has 280 valence electrons. The molecule has 13 rings (SSSR count). The third-order valence-electron chi connectivity index (χ3n) is 12.9. The van der Waals surface area contributed by atoms with E-state index in [0.29, 0.717) is 0 Å². The van der Waals surface area contributed by atoms with Crippen molar-refractivity contribution in [1.29, 1.82) is 0 Å². The number of rotatable bonds is 4. The highest BCUT2D eigenvalue weighted by atomic mass is 16.3. The number of allylic oxidation sites excluding steroid dienone is 1. The second-order valence-electron chi connectivity index (χ2n) is 16.1. The quantitative estimate of drug-likeness (QED) is 0.167. The minimum atomic E-state index is 0.880. The molecule has 1 aliphatic carbocycles. The summed E-state index contributed by atoms with van der Waals surface area (Å²) in [6.45, 7) is 0. The molecule has 0 bridgehead atoms. The van der Waals surface area contributed by atoms with Crippen LogP contribution in [0.3, 0.4) is 0 Å². The zero-order chi connectivity index (χ0) is 39.3. The van der Waals surface area contributed by atoms with Crippen LogP contribution in [-0.4, -0.2) is 0 Å². The zero-order valence-corrected chi connectivity index (χ0v) is 32.7. The van der Waals surface area contributed by atoms with Crippen molar-refractivity contribution in [2.24, 2.45) is 0 Å². The number of fused-ring (bicyclic) bond motifs is 10. The van der Waals surface area contributed by atoms with Crippen molar-refractivity contribution in [3.63, 3.8) is 0 Å². The largest absolute Gasteiger partial charge is 0.456 e. The SMILES string of the molecule is C1=Cc2oc3ccc(-c4c5ccccc5c(-c5cccc6oc7c(-c8c9ccccc9c(-c9ccccc9)c9ccccc89)cccc7c56)c5ccccc45)cc3c2CC1. The van der Waals surface area contributed by atoms with Crippen molar-refractivity contribution < 1.29 is 8.83 Å². The lowest BCUT2D eigenvalue weighted by Gasteiger charge is -2.18. The molecule has 2 heteroatoms. The van der Waals surface area contributed by atoms with Gasteiger partial charge in [-0.15, -0.1) is 0 Å². The molecule has 0 spiro atoms. The van der Waals surface area contributed by atoms with E-state index in [0.717, 1.165) is 51.7 Å². The van der Waals surface area contributed by atoms with Crippen LogP contribution in [0.25, 0.3) is 127 Å². The summed E-state index contributed by atoms with van der Waals surface area (Å²) in [5, 5.41) is 13.2. The van der Waals surface area contributed by atoms with Gasteiger partial charge in [-0.1, -0.05) is 170 Å². The molecule has 0 atom stereocenters. The molecule has 2 heterocycles. The van der Waals surface area contributed by atoms with Crippen LogP contribution in [-0.2, 0) is 6.42 Å². The van der Waals surface area contributed by atoms with Crippen LogP contribution in [0.15, 0.2) is 197 Å². The number of furan rings is 2. The van der Waals surface area contributed by atoms with Crippen LogP contribution < -0.4 is 0 Å². The van der Waals surface area contributed by atoms with Gasteiger partial charge in [0, 0.05) is 32.8 Å². The maximum Gasteiger partial charge on any atom is 0.143 e. The van der Waals surface area contributed by atoms with E-state index in [1.54, 1.807) is 0 Å².